The van der Waals surface area contributed by atoms with E-state index in [1.807, 2.05) is 6.26 Å². The lowest BCUT2D eigenvalue weighted by Crippen LogP contribution is -2.21. The Morgan fingerprint density at radius 1 is 1.90 bits per heavy atom. The molecule has 0 atom stereocenters. The van der Waals surface area contributed by atoms with E-state index in [-0.39, 0.29) is 0 Å². The number of hydrogen-bond acceptors (Lipinski definition) is 4. The molecule has 0 aromatic carbocycles. The summed E-state index contributed by atoms with van der Waals surface area (Å²) in [6, 6.07) is -0.609. The third-order valence-corrected chi connectivity index (χ3v) is 1.63. The molecular weight excluding hydrogens is 152 g/mol. The normalized spacial score (nSPS) is 9.70. The molecule has 1 heterocycles. The fraction of sp³-hybridized carbons (Fsp3) is 0.250. The van der Waals surface area contributed by atoms with Crippen LogP contribution in [0.4, 0.5) is 4.79 Å². The van der Waals surface area contributed by atoms with E-state index in [2.05, 4.69) is 10.3 Å². The van der Waals surface area contributed by atoms with Gasteiger partial charge in [-0.3, -0.25) is 0 Å². The van der Waals surface area contributed by atoms with Gasteiger partial charge in [-0.1, -0.05) is 5.21 Å². The molecule has 10 heavy (non-hydrogen) atoms. The second-order valence-electron chi connectivity index (χ2n) is 1.53. The number of aromatic nitrogens is 3. The second-order valence-corrected chi connectivity index (χ2v) is 2.35. The van der Waals surface area contributed by atoms with Gasteiger partial charge in [0, 0.05) is 0 Å². The Morgan fingerprint density at radius 2 is 2.60 bits per heavy atom. The smallest absolute Gasteiger partial charge is 0.341 e. The number of nitrogens with zero attached hydrogens (tertiary/aromatic N) is 3. The summed E-state index contributed by atoms with van der Waals surface area (Å²) in [5.74, 6) is 0. The highest BCUT2D eigenvalue weighted by Crippen LogP contribution is 2.10. The summed E-state index contributed by atoms with van der Waals surface area (Å²) < 4.78 is 1.05. The third kappa shape index (κ3) is 1.10. The van der Waals surface area contributed by atoms with Crippen molar-refractivity contribution in [1.29, 1.82) is 0 Å². The summed E-state index contributed by atoms with van der Waals surface area (Å²) in [5, 5.41) is 7.61. The van der Waals surface area contributed by atoms with E-state index in [0.29, 0.717) is 5.03 Å². The Hall–Kier alpha value is -1.04. The Morgan fingerprint density at radius 3 is 3.00 bits per heavy atom. The first kappa shape index (κ1) is 7.07. The number of nitrogens with two attached hydrogens (primary N) is 1. The lowest BCUT2D eigenvalue weighted by atomic mass is 10.9. The van der Waals surface area contributed by atoms with E-state index < -0.39 is 6.03 Å². The average molecular weight is 158 g/mol. The molecule has 0 spiro atoms. The van der Waals surface area contributed by atoms with Gasteiger partial charge in [0.05, 0.1) is 6.20 Å². The maximum atomic E-state index is 10.5. The molecule has 0 fully saturated rings. The van der Waals surface area contributed by atoms with Crippen LogP contribution in [0.3, 0.4) is 0 Å². The Kier molecular flexibility index (Phi) is 1.91. The topological polar surface area (TPSA) is 73.8 Å². The average Bonchev–Trinajstić information content (AvgIpc) is 2.33. The number of rotatable bonds is 1. The maximum absolute atomic E-state index is 10.5. The molecule has 2 N–H and O–H groups in total. The van der Waals surface area contributed by atoms with E-state index in [1.54, 1.807) is 0 Å². The second kappa shape index (κ2) is 2.70. The van der Waals surface area contributed by atoms with Crippen molar-refractivity contribution in [1.82, 2.24) is 15.0 Å². The number of hydrogen-bond donors (Lipinski definition) is 1. The zero-order chi connectivity index (χ0) is 7.56. The van der Waals surface area contributed by atoms with Crippen molar-refractivity contribution in [2.75, 3.05) is 6.26 Å². The van der Waals surface area contributed by atoms with Gasteiger partial charge >= 0.3 is 6.03 Å². The van der Waals surface area contributed by atoms with Crippen LogP contribution in [0, 0.1) is 0 Å². The molecule has 0 aliphatic heterocycles. The summed E-state index contributed by atoms with van der Waals surface area (Å²) in [4.78, 5) is 10.5. The van der Waals surface area contributed by atoms with Crippen LogP contribution in [-0.2, 0) is 0 Å². The monoisotopic (exact) mass is 158 g/mol. The van der Waals surface area contributed by atoms with Gasteiger partial charge in [-0.25, -0.2) is 4.79 Å². The quantitative estimate of drug-likeness (QED) is 0.580. The summed E-state index contributed by atoms with van der Waals surface area (Å²) in [6.07, 6.45) is 3.30. The lowest BCUT2D eigenvalue weighted by Gasteiger charge is -1.94. The molecule has 0 radical (unpaired) electrons. The van der Waals surface area contributed by atoms with E-state index in [4.69, 9.17) is 5.73 Å². The van der Waals surface area contributed by atoms with Crippen molar-refractivity contribution in [2.24, 2.45) is 5.73 Å². The molecule has 1 aromatic rings. The van der Waals surface area contributed by atoms with Gasteiger partial charge < -0.3 is 5.73 Å². The molecule has 1 rings (SSSR count). The van der Waals surface area contributed by atoms with Gasteiger partial charge in [-0.15, -0.1) is 16.9 Å². The van der Waals surface area contributed by atoms with Gasteiger partial charge in [0.1, 0.15) is 5.03 Å². The van der Waals surface area contributed by atoms with Crippen LogP contribution in [0.25, 0.3) is 0 Å². The molecule has 0 unspecified atom stereocenters. The molecule has 1 amide bonds. The van der Waals surface area contributed by atoms with E-state index in [0.717, 1.165) is 4.68 Å². The standard InChI is InChI=1S/C4H6N4OS/c1-10-3-2-6-7-8(3)4(5)9/h2H,1H3,(H2,5,9). The van der Waals surface area contributed by atoms with Crippen LogP contribution in [0.15, 0.2) is 11.2 Å². The molecule has 0 saturated heterocycles. The number of primary amides is 1. The van der Waals surface area contributed by atoms with Crippen LogP contribution in [0.2, 0.25) is 0 Å². The van der Waals surface area contributed by atoms with Gasteiger partial charge in [0.25, 0.3) is 0 Å². The maximum Gasteiger partial charge on any atom is 0.341 e. The van der Waals surface area contributed by atoms with Gasteiger partial charge in [0.2, 0.25) is 0 Å². The fourth-order valence-corrected chi connectivity index (χ4v) is 0.969. The molecule has 0 bridgehead atoms. The Labute approximate surface area is 61.6 Å². The molecule has 6 heteroatoms. The van der Waals surface area contributed by atoms with E-state index >= 15 is 0 Å². The van der Waals surface area contributed by atoms with Crippen molar-refractivity contribution >= 4 is 17.8 Å². The first-order chi connectivity index (χ1) is 4.75. The minimum Gasteiger partial charge on any atom is -0.350 e. The van der Waals surface area contributed by atoms with Gasteiger partial charge in [-0.2, -0.15) is 4.68 Å². The summed E-state index contributed by atoms with van der Waals surface area (Å²) >= 11 is 1.37. The molecule has 0 aliphatic carbocycles. The zero-order valence-electron chi connectivity index (χ0n) is 5.31. The van der Waals surface area contributed by atoms with Crippen LogP contribution >= 0.6 is 11.8 Å². The van der Waals surface area contributed by atoms with Crippen LogP contribution in [-0.4, -0.2) is 27.3 Å². The minimum atomic E-state index is -0.609. The molecule has 0 saturated carbocycles. The van der Waals surface area contributed by atoms with Gasteiger partial charge in [-0.05, 0) is 6.26 Å². The van der Waals surface area contributed by atoms with E-state index in [9.17, 15) is 4.79 Å². The predicted molar refractivity (Wildman–Crippen MR) is 36.8 cm³/mol. The van der Waals surface area contributed by atoms with Crippen LogP contribution < -0.4 is 5.73 Å². The number of carbonyl (C=O) groups is 1. The minimum absolute atomic E-state index is 0.609. The zero-order valence-corrected chi connectivity index (χ0v) is 6.13. The molecule has 0 aliphatic rings. The molecule has 5 nitrogen and oxygen atoms in total. The van der Waals surface area contributed by atoms with Crippen LogP contribution in [0.1, 0.15) is 0 Å². The summed E-state index contributed by atoms with van der Waals surface area (Å²) in [7, 11) is 0. The summed E-state index contributed by atoms with van der Waals surface area (Å²) in [5.41, 5.74) is 4.94. The highest BCUT2D eigenvalue weighted by molar-refractivity contribution is 7.98. The van der Waals surface area contributed by atoms with E-state index in [1.165, 1.54) is 18.0 Å². The molecular formula is C4H6N4OS. The third-order valence-electron chi connectivity index (χ3n) is 0.936. The van der Waals surface area contributed by atoms with Crippen molar-refractivity contribution in [3.63, 3.8) is 0 Å². The highest BCUT2D eigenvalue weighted by atomic mass is 32.2. The highest BCUT2D eigenvalue weighted by Gasteiger charge is 2.05. The first-order valence-electron chi connectivity index (χ1n) is 2.50. The fourth-order valence-electron chi connectivity index (χ4n) is 0.517. The first-order valence-corrected chi connectivity index (χ1v) is 3.72. The van der Waals surface area contributed by atoms with Gasteiger partial charge in [0.15, 0.2) is 0 Å². The molecule has 54 valence electrons. The summed E-state index contributed by atoms with van der Waals surface area (Å²) in [6.45, 7) is 0. The van der Waals surface area contributed by atoms with Crippen molar-refractivity contribution in [2.45, 2.75) is 5.03 Å². The molecule has 1 aromatic heterocycles. The largest absolute Gasteiger partial charge is 0.350 e. The predicted octanol–water partition coefficient (Wildman–Crippen LogP) is -0.0732. The Balaban J connectivity index is 3.01. The van der Waals surface area contributed by atoms with Crippen molar-refractivity contribution < 1.29 is 4.79 Å². The van der Waals surface area contributed by atoms with Crippen molar-refractivity contribution in [3.05, 3.63) is 6.20 Å². The van der Waals surface area contributed by atoms with Crippen molar-refractivity contribution in [3.8, 4) is 0 Å². The van der Waals surface area contributed by atoms with Crippen LogP contribution in [0.5, 0.6) is 0 Å². The number of thioether (sulfide) groups is 1. The number of carbonyl (C=O) groups excluding carboxylic acids is 1. The Bertz CT molecular complexity index is 245. The number of amides is 1. The SMILES string of the molecule is CSc1cnnn1C(N)=O. The lowest BCUT2D eigenvalue weighted by molar-refractivity contribution is 0.245.